The van der Waals surface area contributed by atoms with E-state index >= 15 is 0 Å². The first-order valence-corrected chi connectivity index (χ1v) is 10.1. The Morgan fingerprint density at radius 3 is 1.41 bits per heavy atom. The van der Waals surface area contributed by atoms with E-state index in [1.54, 1.807) is 0 Å². The van der Waals surface area contributed by atoms with Crippen LogP contribution in [0.2, 0.25) is 0 Å². The summed E-state index contributed by atoms with van der Waals surface area (Å²) in [6, 6.07) is 0. The summed E-state index contributed by atoms with van der Waals surface area (Å²) in [7, 11) is -2.03. The molecule has 0 spiro atoms. The summed E-state index contributed by atoms with van der Waals surface area (Å²) in [6.45, 7) is 4.60. The molecule has 2 fully saturated rings. The minimum absolute atomic E-state index is 0.564. The summed E-state index contributed by atoms with van der Waals surface area (Å²) in [5, 5.41) is 0. The second kappa shape index (κ2) is 6.02. The average Bonchev–Trinajstić information content (AvgIpc) is 2.39. The molecule has 0 unspecified atom stereocenters. The predicted molar refractivity (Wildman–Crippen MR) is 79.4 cm³/mol. The molecule has 0 aromatic rings. The first-order chi connectivity index (χ1) is 8.15. The molecule has 0 amide bonds. The van der Waals surface area contributed by atoms with Crippen molar-refractivity contribution in [2.45, 2.75) is 95.0 Å². The van der Waals surface area contributed by atoms with Crippen LogP contribution in [0, 0.1) is 0 Å². The molecule has 2 aliphatic carbocycles. The van der Waals surface area contributed by atoms with Crippen LogP contribution in [0.5, 0.6) is 0 Å². The van der Waals surface area contributed by atoms with E-state index < -0.39 is 7.49 Å². The Morgan fingerprint density at radius 1 is 0.765 bits per heavy atom. The fraction of sp³-hybridized carbons (Fsp3) is 1.00. The van der Waals surface area contributed by atoms with Gasteiger partial charge < -0.3 is 0 Å². The first-order valence-electron chi connectivity index (χ1n) is 7.88. The van der Waals surface area contributed by atoms with Gasteiger partial charge in [-0.2, -0.15) is 0 Å². The molecular weight excluding hydrogens is 227 g/mol. The van der Waals surface area contributed by atoms with Crippen molar-refractivity contribution >= 4 is 7.49 Å². The Labute approximate surface area is 108 Å². The zero-order valence-corrected chi connectivity index (χ0v) is 12.8. The van der Waals surface area contributed by atoms with Crippen LogP contribution >= 0.6 is 7.49 Å². The van der Waals surface area contributed by atoms with E-state index in [-0.39, 0.29) is 0 Å². The maximum atomic E-state index is 11.5. The minimum atomic E-state index is -2.03. The summed E-state index contributed by atoms with van der Waals surface area (Å²) in [4.78, 5) is 11.5. The molecule has 1 nitrogen and oxygen atoms in total. The van der Waals surface area contributed by atoms with E-state index in [0.717, 1.165) is 11.3 Å². The molecule has 2 aliphatic rings. The van der Waals surface area contributed by atoms with Crippen LogP contribution in [0.3, 0.4) is 0 Å². The van der Waals surface area contributed by atoms with Gasteiger partial charge in [0.1, 0.15) is 0 Å². The topological polar surface area (TPSA) is 20.2 Å². The van der Waals surface area contributed by atoms with E-state index in [0.29, 0.717) is 5.66 Å². The summed E-state index contributed by atoms with van der Waals surface area (Å²) >= 11 is 0. The molecule has 0 saturated heterocycles. The molecule has 2 heteroatoms. The number of rotatable bonds is 3. The van der Waals surface area contributed by atoms with Gasteiger partial charge in [0.05, 0.1) is 0 Å². The van der Waals surface area contributed by atoms with Crippen LogP contribution in [-0.2, 0) is 0 Å². The number of hydrogen-bond donors (Lipinski definition) is 1. The third-order valence-electron chi connectivity index (χ3n) is 5.44. The predicted octanol–water partition coefficient (Wildman–Crippen LogP) is 4.72. The summed E-state index contributed by atoms with van der Waals surface area (Å²) in [5.41, 5.74) is 2.01. The normalized spacial score (nSPS) is 26.4. The van der Waals surface area contributed by atoms with Gasteiger partial charge >= 0.3 is 107 Å². The van der Waals surface area contributed by atoms with Crippen LogP contribution in [0.25, 0.3) is 0 Å². The van der Waals surface area contributed by atoms with Crippen molar-refractivity contribution < 1.29 is 4.89 Å². The molecule has 1 N–H and O–H groups in total. The van der Waals surface area contributed by atoms with Gasteiger partial charge in [0.2, 0.25) is 0 Å². The monoisotopic (exact) mass is 258 g/mol. The van der Waals surface area contributed by atoms with Crippen LogP contribution in [0.1, 0.15) is 78.1 Å². The van der Waals surface area contributed by atoms with Crippen molar-refractivity contribution in [1.82, 2.24) is 0 Å². The van der Waals surface area contributed by atoms with Crippen molar-refractivity contribution in [3.05, 3.63) is 0 Å². The van der Waals surface area contributed by atoms with Gasteiger partial charge in [-0.1, -0.05) is 0 Å². The third-order valence-corrected chi connectivity index (χ3v) is 11.1. The maximum absolute atomic E-state index is 11.5. The summed E-state index contributed by atoms with van der Waals surface area (Å²) in [5.74, 6) is 0. The van der Waals surface area contributed by atoms with Crippen LogP contribution in [0.15, 0.2) is 0 Å². The third kappa shape index (κ3) is 2.87. The van der Waals surface area contributed by atoms with Gasteiger partial charge in [0, 0.05) is 0 Å². The molecule has 2 rings (SSSR count). The molecule has 0 heterocycles. The molecule has 0 aromatic heterocycles. The van der Waals surface area contributed by atoms with Crippen molar-refractivity contribution in [1.29, 1.82) is 0 Å². The summed E-state index contributed by atoms with van der Waals surface area (Å²) in [6.07, 6.45) is 13.6. The van der Waals surface area contributed by atoms with E-state index in [1.807, 2.05) is 0 Å². The van der Waals surface area contributed by atoms with Gasteiger partial charge in [-0.25, -0.2) is 0 Å². The fourth-order valence-corrected chi connectivity index (χ4v) is 9.62. The second-order valence-electron chi connectivity index (χ2n) is 6.71. The molecule has 0 atom stereocenters. The Balaban J connectivity index is 2.11. The van der Waals surface area contributed by atoms with E-state index in [2.05, 4.69) is 13.8 Å². The van der Waals surface area contributed by atoms with Gasteiger partial charge in [0.25, 0.3) is 0 Å². The Hall–Kier alpha value is 0.390. The standard InChI is InChI=1S/C15H31OP/c1-13(2)17(16,14-9-5-3-6-10-14)15-11-7-4-8-12-15/h13-17H,3-12H2,1-2H3. The van der Waals surface area contributed by atoms with Crippen molar-refractivity contribution in [3.63, 3.8) is 0 Å². The van der Waals surface area contributed by atoms with Crippen molar-refractivity contribution in [3.8, 4) is 0 Å². The SMILES string of the molecule is CC(C)[PH](O)(C1CCCCC1)C1CCCCC1. The molecule has 0 aromatic carbocycles. The Kier molecular flexibility index (Phi) is 4.89. The van der Waals surface area contributed by atoms with Crippen LogP contribution < -0.4 is 0 Å². The fourth-order valence-electron chi connectivity index (χ4n) is 4.41. The van der Waals surface area contributed by atoms with Gasteiger partial charge in [-0.3, -0.25) is 0 Å². The average molecular weight is 258 g/mol. The molecular formula is C15H31OP. The molecule has 0 bridgehead atoms. The summed E-state index contributed by atoms with van der Waals surface area (Å²) < 4.78 is 0. The Bertz CT molecular complexity index is 209. The first kappa shape index (κ1) is 13.8. The molecule has 0 aliphatic heterocycles. The Morgan fingerprint density at radius 2 is 1.12 bits per heavy atom. The second-order valence-corrected chi connectivity index (χ2v) is 11.3. The number of hydrogen-bond acceptors (Lipinski definition) is 1. The molecule has 0 radical (unpaired) electrons. The van der Waals surface area contributed by atoms with Gasteiger partial charge in [-0.05, 0) is 0 Å². The molecule has 17 heavy (non-hydrogen) atoms. The van der Waals surface area contributed by atoms with E-state index in [9.17, 15) is 4.89 Å². The quantitative estimate of drug-likeness (QED) is 0.726. The van der Waals surface area contributed by atoms with Crippen LogP contribution in [-0.4, -0.2) is 21.9 Å². The zero-order valence-electron chi connectivity index (χ0n) is 11.8. The van der Waals surface area contributed by atoms with Gasteiger partial charge in [0.15, 0.2) is 0 Å². The zero-order chi connectivity index (χ0) is 12.3. The van der Waals surface area contributed by atoms with Gasteiger partial charge in [-0.15, -0.1) is 0 Å². The molecule has 102 valence electrons. The van der Waals surface area contributed by atoms with Crippen LogP contribution in [0.4, 0.5) is 0 Å². The van der Waals surface area contributed by atoms with Crippen molar-refractivity contribution in [2.24, 2.45) is 0 Å². The van der Waals surface area contributed by atoms with E-state index in [4.69, 9.17) is 0 Å². The van der Waals surface area contributed by atoms with E-state index in [1.165, 1.54) is 64.2 Å². The molecule has 2 saturated carbocycles. The van der Waals surface area contributed by atoms with Crippen molar-refractivity contribution in [2.75, 3.05) is 0 Å².